The Kier molecular flexibility index (Phi) is 6.09. The van der Waals surface area contributed by atoms with E-state index in [2.05, 4.69) is 0 Å². The monoisotopic (exact) mass is 320 g/mol. The van der Waals surface area contributed by atoms with Crippen LogP contribution in [0.15, 0.2) is 54.6 Å². The number of rotatable bonds is 7. The molecule has 2 rings (SSSR count). The fourth-order valence-corrected chi connectivity index (χ4v) is 2.32. The largest absolute Gasteiger partial charge is 0.750 e. The zero-order valence-electron chi connectivity index (χ0n) is 12.2. The van der Waals surface area contributed by atoms with Crippen LogP contribution < -0.4 is 4.90 Å². The summed E-state index contributed by atoms with van der Waals surface area (Å²) in [4.78, 5) is 1.79. The average molecular weight is 320 g/mol. The van der Waals surface area contributed by atoms with Crippen LogP contribution in [0.5, 0.6) is 0 Å². The molecule has 0 spiro atoms. The first-order chi connectivity index (χ1) is 10.6. The maximum atomic E-state index is 10.7. The Balaban J connectivity index is 2.23. The van der Waals surface area contributed by atoms with Crippen molar-refractivity contribution in [3.8, 4) is 0 Å². The molecule has 2 aromatic carbocycles. The molecule has 0 bridgehead atoms. The zero-order valence-corrected chi connectivity index (χ0v) is 13.0. The van der Waals surface area contributed by atoms with Crippen LogP contribution in [0.4, 0.5) is 5.69 Å². The minimum atomic E-state index is -2.57. The highest BCUT2D eigenvalue weighted by atomic mass is 32.2. The molecule has 22 heavy (non-hydrogen) atoms. The standard InChI is InChI=1S/C16H19NO4S/c1-13(18)15-8-5-9-16(10-15)17(12-21-22(19)20)11-14-6-3-2-4-7-14/h2-10,13,18H,11-12H2,1H3,(H,19,20)/p-1. The third kappa shape index (κ3) is 4.92. The second-order valence-electron chi connectivity index (χ2n) is 4.91. The molecule has 0 saturated carbocycles. The number of anilines is 1. The Morgan fingerprint density at radius 3 is 2.59 bits per heavy atom. The number of nitrogens with zero attached hydrogens (tertiary/aromatic N) is 1. The lowest BCUT2D eigenvalue weighted by molar-refractivity contribution is 0.199. The van der Waals surface area contributed by atoms with E-state index in [0.717, 1.165) is 16.8 Å². The van der Waals surface area contributed by atoms with Gasteiger partial charge in [-0.3, -0.25) is 4.18 Å². The Morgan fingerprint density at radius 1 is 1.23 bits per heavy atom. The molecule has 0 amide bonds. The molecule has 2 atom stereocenters. The van der Waals surface area contributed by atoms with E-state index >= 15 is 0 Å². The molecular weight excluding hydrogens is 302 g/mol. The second-order valence-corrected chi connectivity index (χ2v) is 5.55. The fraction of sp³-hybridized carbons (Fsp3) is 0.250. The van der Waals surface area contributed by atoms with E-state index in [-0.39, 0.29) is 6.73 Å². The van der Waals surface area contributed by atoms with Crippen LogP contribution in [-0.2, 0) is 22.1 Å². The summed E-state index contributed by atoms with van der Waals surface area (Å²) in [6, 6.07) is 17.0. The maximum absolute atomic E-state index is 10.7. The molecule has 0 fully saturated rings. The normalized spacial score (nSPS) is 13.6. The molecule has 6 heteroatoms. The van der Waals surface area contributed by atoms with Crippen molar-refractivity contribution in [2.24, 2.45) is 0 Å². The Hall–Kier alpha value is -1.73. The van der Waals surface area contributed by atoms with E-state index < -0.39 is 17.5 Å². The number of benzene rings is 2. The molecular formula is C16H18NO4S-. The molecule has 0 saturated heterocycles. The van der Waals surface area contributed by atoms with Crippen LogP contribution in [-0.4, -0.2) is 20.6 Å². The predicted molar refractivity (Wildman–Crippen MR) is 84.6 cm³/mol. The van der Waals surface area contributed by atoms with Gasteiger partial charge in [0.25, 0.3) is 0 Å². The van der Waals surface area contributed by atoms with E-state index in [1.807, 2.05) is 54.6 Å². The molecule has 2 aromatic rings. The molecule has 1 N–H and O–H groups in total. The third-order valence-electron chi connectivity index (χ3n) is 3.24. The summed E-state index contributed by atoms with van der Waals surface area (Å²) in [6.07, 6.45) is -0.590. The number of aliphatic hydroxyl groups excluding tert-OH is 1. The van der Waals surface area contributed by atoms with Crippen LogP contribution in [0.3, 0.4) is 0 Å². The Bertz CT molecular complexity index is 619. The topological polar surface area (TPSA) is 72.8 Å². The summed E-state index contributed by atoms with van der Waals surface area (Å²) in [5.41, 5.74) is 2.58. The van der Waals surface area contributed by atoms with Crippen molar-refractivity contribution in [1.29, 1.82) is 0 Å². The zero-order chi connectivity index (χ0) is 15.9. The summed E-state index contributed by atoms with van der Waals surface area (Å²) in [7, 11) is 0. The van der Waals surface area contributed by atoms with E-state index in [0.29, 0.717) is 6.54 Å². The quantitative estimate of drug-likeness (QED) is 0.627. The van der Waals surface area contributed by atoms with Gasteiger partial charge in [-0.25, -0.2) is 4.21 Å². The van der Waals surface area contributed by atoms with Crippen LogP contribution in [0.2, 0.25) is 0 Å². The average Bonchev–Trinajstić information content (AvgIpc) is 2.52. The number of hydrogen-bond donors (Lipinski definition) is 1. The van der Waals surface area contributed by atoms with E-state index in [1.165, 1.54) is 0 Å². The lowest BCUT2D eigenvalue weighted by Crippen LogP contribution is -2.26. The first kappa shape index (κ1) is 16.6. The SMILES string of the molecule is CC(O)c1cccc(N(COS(=O)[O-])Cc2ccccc2)c1. The number of hydrogen-bond acceptors (Lipinski definition) is 5. The molecule has 0 radical (unpaired) electrons. The van der Waals surface area contributed by atoms with Crippen molar-refractivity contribution >= 4 is 17.0 Å². The molecule has 0 aromatic heterocycles. The van der Waals surface area contributed by atoms with Crippen LogP contribution in [0.1, 0.15) is 24.2 Å². The molecule has 5 nitrogen and oxygen atoms in total. The molecule has 2 unspecified atom stereocenters. The Morgan fingerprint density at radius 2 is 1.95 bits per heavy atom. The highest BCUT2D eigenvalue weighted by molar-refractivity contribution is 7.74. The summed E-state index contributed by atoms with van der Waals surface area (Å²) in [5.74, 6) is 0. The summed E-state index contributed by atoms with van der Waals surface area (Å²) in [6.45, 7) is 2.10. The van der Waals surface area contributed by atoms with E-state index in [4.69, 9.17) is 4.18 Å². The van der Waals surface area contributed by atoms with Crippen molar-refractivity contribution in [2.75, 3.05) is 11.6 Å². The van der Waals surface area contributed by atoms with Crippen LogP contribution in [0.25, 0.3) is 0 Å². The molecule has 0 heterocycles. The van der Waals surface area contributed by atoms with Crippen molar-refractivity contribution in [1.82, 2.24) is 0 Å². The highest BCUT2D eigenvalue weighted by Gasteiger charge is 2.10. The smallest absolute Gasteiger partial charge is 0.135 e. The van der Waals surface area contributed by atoms with Gasteiger partial charge in [0, 0.05) is 12.2 Å². The van der Waals surface area contributed by atoms with Gasteiger partial charge >= 0.3 is 0 Å². The summed E-state index contributed by atoms with van der Waals surface area (Å²) in [5, 5.41) is 9.69. The van der Waals surface area contributed by atoms with Gasteiger partial charge in [-0.15, -0.1) is 0 Å². The summed E-state index contributed by atoms with van der Waals surface area (Å²) >= 11 is -2.57. The second kappa shape index (κ2) is 8.05. The molecule has 0 aliphatic heterocycles. The van der Waals surface area contributed by atoms with Crippen molar-refractivity contribution in [2.45, 2.75) is 19.6 Å². The molecule has 118 valence electrons. The minimum absolute atomic E-state index is 0.0890. The lowest BCUT2D eigenvalue weighted by atomic mass is 10.1. The fourth-order valence-electron chi connectivity index (χ4n) is 2.10. The molecule has 0 aliphatic rings. The highest BCUT2D eigenvalue weighted by Crippen LogP contribution is 2.22. The predicted octanol–water partition coefficient (Wildman–Crippen LogP) is 2.51. The first-order valence-electron chi connectivity index (χ1n) is 6.85. The molecule has 0 aliphatic carbocycles. The first-order valence-corrected chi connectivity index (χ1v) is 7.85. The van der Waals surface area contributed by atoms with Crippen molar-refractivity contribution in [3.63, 3.8) is 0 Å². The third-order valence-corrected chi connectivity index (χ3v) is 3.54. The van der Waals surface area contributed by atoms with Gasteiger partial charge in [0.15, 0.2) is 0 Å². The van der Waals surface area contributed by atoms with Crippen LogP contribution >= 0.6 is 0 Å². The Labute approximate surface area is 132 Å². The minimum Gasteiger partial charge on any atom is -0.750 e. The van der Waals surface area contributed by atoms with Gasteiger partial charge in [-0.1, -0.05) is 42.5 Å². The van der Waals surface area contributed by atoms with Gasteiger partial charge in [-0.05, 0) is 30.2 Å². The van der Waals surface area contributed by atoms with Gasteiger partial charge in [0.05, 0.1) is 17.5 Å². The summed E-state index contributed by atoms with van der Waals surface area (Å²) < 4.78 is 26.1. The van der Waals surface area contributed by atoms with Gasteiger partial charge < -0.3 is 14.6 Å². The van der Waals surface area contributed by atoms with E-state index in [9.17, 15) is 13.9 Å². The van der Waals surface area contributed by atoms with Gasteiger partial charge in [-0.2, -0.15) is 0 Å². The van der Waals surface area contributed by atoms with Gasteiger partial charge in [0.2, 0.25) is 0 Å². The van der Waals surface area contributed by atoms with E-state index in [1.54, 1.807) is 11.8 Å². The lowest BCUT2D eigenvalue weighted by Gasteiger charge is -2.25. The number of aliphatic hydroxyl groups is 1. The maximum Gasteiger partial charge on any atom is 0.135 e. The van der Waals surface area contributed by atoms with Crippen molar-refractivity contribution < 1.29 is 18.1 Å². The van der Waals surface area contributed by atoms with Crippen molar-refractivity contribution in [3.05, 3.63) is 65.7 Å². The van der Waals surface area contributed by atoms with Gasteiger partial charge in [0.1, 0.15) is 6.73 Å². The van der Waals surface area contributed by atoms with Crippen LogP contribution in [0, 0.1) is 0 Å².